The smallest absolute Gasteiger partial charge is 0.315 e. The summed E-state index contributed by atoms with van der Waals surface area (Å²) in [5.74, 6) is 0.575. The first kappa shape index (κ1) is 13.3. The fraction of sp³-hybridized carbons (Fsp3) is 0.923. The van der Waals surface area contributed by atoms with E-state index < -0.39 is 0 Å². The van der Waals surface area contributed by atoms with Gasteiger partial charge in [0, 0.05) is 12.1 Å². The third-order valence-electron chi connectivity index (χ3n) is 4.27. The van der Waals surface area contributed by atoms with Crippen molar-refractivity contribution < 1.29 is 4.79 Å². The quantitative estimate of drug-likeness (QED) is 0.747. The number of amides is 2. The van der Waals surface area contributed by atoms with Gasteiger partial charge in [-0.15, -0.1) is 0 Å². The number of carbonyl (C=O) groups is 1. The van der Waals surface area contributed by atoms with Gasteiger partial charge in [-0.25, -0.2) is 4.79 Å². The Labute approximate surface area is 99.4 Å². The van der Waals surface area contributed by atoms with Crippen LogP contribution in [0.5, 0.6) is 0 Å². The molecule has 0 unspecified atom stereocenters. The lowest BCUT2D eigenvalue weighted by molar-refractivity contribution is 0.231. The van der Waals surface area contributed by atoms with Gasteiger partial charge in [-0.1, -0.05) is 27.7 Å². The molecule has 0 atom stereocenters. The van der Waals surface area contributed by atoms with Gasteiger partial charge in [0.2, 0.25) is 0 Å². The summed E-state index contributed by atoms with van der Waals surface area (Å²) in [4.78, 5) is 11.6. The molecule has 3 nitrogen and oxygen atoms in total. The minimum atomic E-state index is -0.168. The van der Waals surface area contributed by atoms with E-state index in [4.69, 9.17) is 0 Å². The van der Waals surface area contributed by atoms with Crippen molar-refractivity contribution in [1.82, 2.24) is 10.6 Å². The van der Waals surface area contributed by atoms with Crippen molar-refractivity contribution in [3.8, 4) is 0 Å². The number of urea groups is 1. The number of hydrogen-bond donors (Lipinski definition) is 2. The van der Waals surface area contributed by atoms with Gasteiger partial charge in [-0.05, 0) is 37.5 Å². The summed E-state index contributed by atoms with van der Waals surface area (Å²) in [7, 11) is 0. The zero-order valence-electron chi connectivity index (χ0n) is 11.7. The lowest BCUT2D eigenvalue weighted by atomic mass is 10.0. The van der Waals surface area contributed by atoms with Crippen molar-refractivity contribution in [2.45, 2.75) is 54.0 Å². The van der Waals surface area contributed by atoms with Crippen LogP contribution in [0, 0.1) is 16.7 Å². The van der Waals surface area contributed by atoms with E-state index >= 15 is 0 Å². The first-order chi connectivity index (χ1) is 6.98. The standard InChI is InChI=1S/C13H26N2O/c1-11(2,3)15-10(16)14-8-9-12(4,5)13(9,6)7/h9H,8H2,1-7H3,(H2,14,15,16). The first-order valence-corrected chi connectivity index (χ1v) is 6.04. The van der Waals surface area contributed by atoms with Gasteiger partial charge in [0.1, 0.15) is 0 Å². The predicted molar refractivity (Wildman–Crippen MR) is 67.3 cm³/mol. The van der Waals surface area contributed by atoms with Crippen molar-refractivity contribution >= 4 is 6.03 Å². The Morgan fingerprint density at radius 3 is 1.88 bits per heavy atom. The number of carbonyl (C=O) groups excluding carboxylic acids is 1. The molecule has 2 amide bonds. The molecule has 0 aromatic rings. The van der Waals surface area contributed by atoms with Crippen molar-refractivity contribution in [3.05, 3.63) is 0 Å². The molecular weight excluding hydrogens is 200 g/mol. The highest BCUT2D eigenvalue weighted by molar-refractivity contribution is 5.74. The Morgan fingerprint density at radius 2 is 1.56 bits per heavy atom. The molecule has 94 valence electrons. The highest BCUT2D eigenvalue weighted by Crippen LogP contribution is 2.67. The summed E-state index contributed by atoms with van der Waals surface area (Å²) in [5.41, 5.74) is 0.503. The number of hydrogen-bond acceptors (Lipinski definition) is 1. The molecule has 1 rings (SSSR count). The van der Waals surface area contributed by atoms with E-state index in [1.165, 1.54) is 0 Å². The van der Waals surface area contributed by atoms with Crippen LogP contribution in [0.1, 0.15) is 48.5 Å². The van der Waals surface area contributed by atoms with Crippen LogP contribution in [-0.4, -0.2) is 18.1 Å². The Balaban J connectivity index is 2.36. The van der Waals surface area contributed by atoms with Crippen LogP contribution in [0.4, 0.5) is 4.79 Å². The van der Waals surface area contributed by atoms with Crippen LogP contribution in [0.15, 0.2) is 0 Å². The van der Waals surface area contributed by atoms with Gasteiger partial charge >= 0.3 is 6.03 Å². The summed E-state index contributed by atoms with van der Waals surface area (Å²) in [5, 5.41) is 5.87. The molecule has 1 aliphatic rings. The van der Waals surface area contributed by atoms with Crippen LogP contribution in [0.3, 0.4) is 0 Å². The molecule has 0 radical (unpaired) electrons. The zero-order valence-corrected chi connectivity index (χ0v) is 11.7. The number of rotatable bonds is 2. The zero-order chi connectivity index (χ0) is 12.8. The highest BCUT2D eigenvalue weighted by Gasteiger charge is 2.64. The maximum atomic E-state index is 11.6. The third kappa shape index (κ3) is 2.50. The van der Waals surface area contributed by atoms with E-state index in [1.807, 2.05) is 20.8 Å². The monoisotopic (exact) mass is 226 g/mol. The molecule has 0 bridgehead atoms. The van der Waals surface area contributed by atoms with Crippen molar-refractivity contribution in [2.75, 3.05) is 6.54 Å². The average Bonchev–Trinajstić information content (AvgIpc) is 2.36. The molecule has 2 N–H and O–H groups in total. The lowest BCUT2D eigenvalue weighted by Crippen LogP contribution is -2.47. The van der Waals surface area contributed by atoms with Gasteiger partial charge < -0.3 is 10.6 Å². The Hall–Kier alpha value is -0.730. The van der Waals surface area contributed by atoms with Crippen LogP contribution in [0.25, 0.3) is 0 Å². The largest absolute Gasteiger partial charge is 0.338 e. The van der Waals surface area contributed by atoms with Gasteiger partial charge in [-0.3, -0.25) is 0 Å². The van der Waals surface area contributed by atoms with Gasteiger partial charge in [-0.2, -0.15) is 0 Å². The van der Waals surface area contributed by atoms with E-state index in [2.05, 4.69) is 38.3 Å². The second kappa shape index (κ2) is 3.64. The number of nitrogens with one attached hydrogen (secondary N) is 2. The molecule has 0 heterocycles. The normalized spacial score (nSPS) is 22.7. The van der Waals surface area contributed by atoms with Gasteiger partial charge in [0.15, 0.2) is 0 Å². The Kier molecular flexibility index (Phi) is 3.03. The predicted octanol–water partition coefficient (Wildman–Crippen LogP) is 2.77. The molecule has 0 aromatic carbocycles. The fourth-order valence-corrected chi connectivity index (χ4v) is 2.42. The van der Waals surface area contributed by atoms with Gasteiger partial charge in [0.05, 0.1) is 0 Å². The van der Waals surface area contributed by atoms with E-state index in [1.54, 1.807) is 0 Å². The highest BCUT2D eigenvalue weighted by atomic mass is 16.2. The second-order valence-corrected chi connectivity index (χ2v) is 7.08. The summed E-state index contributed by atoms with van der Waals surface area (Å²) in [6, 6.07) is -0.0639. The van der Waals surface area contributed by atoms with Crippen LogP contribution in [0.2, 0.25) is 0 Å². The van der Waals surface area contributed by atoms with E-state index in [-0.39, 0.29) is 11.6 Å². The van der Waals surface area contributed by atoms with E-state index in [9.17, 15) is 4.79 Å². The summed E-state index contributed by atoms with van der Waals surface area (Å²) < 4.78 is 0. The molecule has 0 saturated heterocycles. The molecule has 3 heteroatoms. The van der Waals surface area contributed by atoms with Gasteiger partial charge in [0.25, 0.3) is 0 Å². The second-order valence-electron chi connectivity index (χ2n) is 7.08. The first-order valence-electron chi connectivity index (χ1n) is 6.04. The summed E-state index contributed by atoms with van der Waals surface area (Å²) >= 11 is 0. The maximum Gasteiger partial charge on any atom is 0.315 e. The van der Waals surface area contributed by atoms with Crippen molar-refractivity contribution in [2.24, 2.45) is 16.7 Å². The molecule has 0 aliphatic heterocycles. The summed E-state index contributed by atoms with van der Waals surface area (Å²) in [6.07, 6.45) is 0. The topological polar surface area (TPSA) is 41.1 Å². The molecule has 0 aromatic heterocycles. The minimum absolute atomic E-state index is 0.0639. The maximum absolute atomic E-state index is 11.6. The average molecular weight is 226 g/mol. The Bertz CT molecular complexity index is 273. The van der Waals surface area contributed by atoms with Crippen LogP contribution in [-0.2, 0) is 0 Å². The fourth-order valence-electron chi connectivity index (χ4n) is 2.42. The minimum Gasteiger partial charge on any atom is -0.338 e. The van der Waals surface area contributed by atoms with E-state index in [0.29, 0.717) is 16.7 Å². The molecule has 1 fully saturated rings. The SMILES string of the molecule is CC(C)(C)NC(=O)NCC1C(C)(C)C1(C)C. The van der Waals surface area contributed by atoms with Crippen molar-refractivity contribution in [3.63, 3.8) is 0 Å². The van der Waals surface area contributed by atoms with Crippen LogP contribution < -0.4 is 10.6 Å². The van der Waals surface area contributed by atoms with E-state index in [0.717, 1.165) is 6.54 Å². The molecule has 1 saturated carbocycles. The van der Waals surface area contributed by atoms with Crippen LogP contribution >= 0.6 is 0 Å². The Morgan fingerprint density at radius 1 is 1.12 bits per heavy atom. The lowest BCUT2D eigenvalue weighted by Gasteiger charge is -2.21. The molecule has 1 aliphatic carbocycles. The third-order valence-corrected chi connectivity index (χ3v) is 4.27. The molecule has 16 heavy (non-hydrogen) atoms. The summed E-state index contributed by atoms with van der Waals surface area (Å²) in [6.45, 7) is 15.8. The molecular formula is C13H26N2O. The van der Waals surface area contributed by atoms with Crippen molar-refractivity contribution in [1.29, 1.82) is 0 Å². The molecule has 0 spiro atoms.